The van der Waals surface area contributed by atoms with Crippen LogP contribution in [0.5, 0.6) is 0 Å². The van der Waals surface area contributed by atoms with E-state index in [2.05, 4.69) is 22.6 Å². The van der Waals surface area contributed by atoms with Gasteiger partial charge in [0.15, 0.2) is 39.6 Å². The zero-order valence-electron chi connectivity index (χ0n) is 24.7. The molecule has 1 aliphatic heterocycles. The fourth-order valence-electron chi connectivity index (χ4n) is 6.71. The van der Waals surface area contributed by atoms with Crippen LogP contribution in [0.25, 0.3) is 11.2 Å². The summed E-state index contributed by atoms with van der Waals surface area (Å²) in [7, 11) is 0. The average molecular weight is 631 g/mol. The van der Waals surface area contributed by atoms with Crippen molar-refractivity contribution < 1.29 is 32.5 Å². The SMILES string of the molecule is CCCSc1nc(N[C@@H]2C[C@H]2c2ccc(F)c(F)c2)c2nnn([C@@H]3C[C@H](OCC(=O)OCC)[C@H]4OC5(CCCC5)O[C@H]43)c2n1. The number of ether oxygens (including phenoxy) is 4. The Bertz CT molecular complexity index is 1540. The average Bonchev–Trinajstić information content (AvgIpc) is 3.37. The zero-order chi connectivity index (χ0) is 30.4. The molecule has 0 radical (unpaired) electrons. The van der Waals surface area contributed by atoms with Crippen molar-refractivity contribution in [2.24, 2.45) is 0 Å². The highest BCUT2D eigenvalue weighted by Crippen LogP contribution is 2.51. The van der Waals surface area contributed by atoms with Gasteiger partial charge in [0.2, 0.25) is 0 Å². The number of nitrogens with zero attached hydrogens (tertiary/aromatic N) is 5. The lowest BCUT2D eigenvalue weighted by Gasteiger charge is -2.26. The molecule has 7 rings (SSSR count). The number of thioether (sulfide) groups is 1. The number of carbonyl (C=O) groups excluding carboxylic acids is 1. The van der Waals surface area contributed by atoms with E-state index in [4.69, 9.17) is 28.9 Å². The van der Waals surface area contributed by atoms with Crippen LogP contribution in [0.15, 0.2) is 23.4 Å². The first-order valence-corrected chi connectivity index (χ1v) is 16.5. The first kappa shape index (κ1) is 29.8. The second-order valence-electron chi connectivity index (χ2n) is 11.9. The zero-order valence-corrected chi connectivity index (χ0v) is 25.5. The molecule has 1 aromatic carbocycles. The van der Waals surface area contributed by atoms with Crippen LogP contribution in [0.4, 0.5) is 14.6 Å². The van der Waals surface area contributed by atoms with E-state index in [0.29, 0.717) is 28.6 Å². The summed E-state index contributed by atoms with van der Waals surface area (Å²) in [5, 5.41) is 13.1. The second-order valence-corrected chi connectivity index (χ2v) is 13.0. The number of fused-ring (bicyclic) bond motifs is 2. The van der Waals surface area contributed by atoms with Crippen LogP contribution in [-0.4, -0.2) is 80.0 Å². The lowest BCUT2D eigenvalue weighted by molar-refractivity contribution is -0.191. The number of rotatable bonds is 11. The van der Waals surface area contributed by atoms with Crippen LogP contribution in [0.1, 0.15) is 76.3 Å². The van der Waals surface area contributed by atoms with Gasteiger partial charge in [0, 0.05) is 37.0 Å². The Kier molecular flexibility index (Phi) is 8.18. The van der Waals surface area contributed by atoms with Crippen molar-refractivity contribution in [2.75, 3.05) is 24.3 Å². The van der Waals surface area contributed by atoms with E-state index in [0.717, 1.165) is 55.9 Å². The fraction of sp³-hybridized carbons (Fsp3) is 0.633. The predicted molar refractivity (Wildman–Crippen MR) is 156 cm³/mol. The summed E-state index contributed by atoms with van der Waals surface area (Å²) in [4.78, 5) is 21.8. The third-order valence-corrected chi connectivity index (χ3v) is 9.92. The Balaban J connectivity index is 1.18. The van der Waals surface area contributed by atoms with Gasteiger partial charge in [-0.3, -0.25) is 0 Å². The summed E-state index contributed by atoms with van der Waals surface area (Å²) in [6, 6.07) is 3.74. The highest BCUT2D eigenvalue weighted by atomic mass is 32.2. The summed E-state index contributed by atoms with van der Waals surface area (Å²) in [6.07, 6.45) is 4.74. The molecule has 6 atom stereocenters. The second kappa shape index (κ2) is 12.1. The summed E-state index contributed by atoms with van der Waals surface area (Å²) in [5.74, 6) is -1.37. The van der Waals surface area contributed by atoms with Crippen LogP contribution < -0.4 is 5.32 Å². The molecule has 3 aromatic rings. The molecule has 14 heteroatoms. The van der Waals surface area contributed by atoms with E-state index in [1.165, 1.54) is 6.07 Å². The molecule has 11 nitrogen and oxygen atoms in total. The monoisotopic (exact) mass is 630 g/mol. The minimum absolute atomic E-state index is 0.0163. The van der Waals surface area contributed by atoms with Gasteiger partial charge < -0.3 is 24.3 Å². The maximum atomic E-state index is 13.9. The molecule has 1 spiro atoms. The van der Waals surface area contributed by atoms with E-state index in [-0.39, 0.29) is 43.4 Å². The topological polar surface area (TPSA) is 123 Å². The number of benzene rings is 1. The van der Waals surface area contributed by atoms with Crippen molar-refractivity contribution in [1.29, 1.82) is 0 Å². The number of aromatic nitrogens is 5. The Morgan fingerprint density at radius 3 is 2.73 bits per heavy atom. The van der Waals surface area contributed by atoms with E-state index < -0.39 is 29.5 Å². The summed E-state index contributed by atoms with van der Waals surface area (Å²) >= 11 is 1.55. The highest BCUT2D eigenvalue weighted by molar-refractivity contribution is 7.99. The number of nitrogens with one attached hydrogen (secondary N) is 1. The van der Waals surface area contributed by atoms with Gasteiger partial charge in [-0.1, -0.05) is 30.0 Å². The predicted octanol–water partition coefficient (Wildman–Crippen LogP) is 4.92. The quantitative estimate of drug-likeness (QED) is 0.177. The van der Waals surface area contributed by atoms with Crippen LogP contribution in [0.2, 0.25) is 0 Å². The third kappa shape index (κ3) is 5.65. The number of anilines is 1. The maximum Gasteiger partial charge on any atom is 0.332 e. The van der Waals surface area contributed by atoms with Gasteiger partial charge in [-0.2, -0.15) is 0 Å². The maximum absolute atomic E-state index is 13.9. The lowest BCUT2D eigenvalue weighted by atomic mass is 10.1. The Hall–Kier alpha value is -2.94. The van der Waals surface area contributed by atoms with Gasteiger partial charge in [-0.15, -0.1) is 5.10 Å². The normalized spacial score (nSPS) is 28.5. The van der Waals surface area contributed by atoms with Gasteiger partial charge in [0.1, 0.15) is 18.8 Å². The molecular weight excluding hydrogens is 594 g/mol. The molecule has 3 heterocycles. The largest absolute Gasteiger partial charge is 0.464 e. The fourth-order valence-corrected chi connectivity index (χ4v) is 7.41. The van der Waals surface area contributed by atoms with Gasteiger partial charge >= 0.3 is 5.97 Å². The molecule has 4 fully saturated rings. The van der Waals surface area contributed by atoms with E-state index >= 15 is 0 Å². The van der Waals surface area contributed by atoms with E-state index in [9.17, 15) is 13.6 Å². The summed E-state index contributed by atoms with van der Waals surface area (Å²) in [5.41, 5.74) is 1.82. The van der Waals surface area contributed by atoms with Crippen LogP contribution in [-0.2, 0) is 23.7 Å². The molecule has 1 N–H and O–H groups in total. The van der Waals surface area contributed by atoms with E-state index in [1.807, 2.05) is 0 Å². The third-order valence-electron chi connectivity index (χ3n) is 8.87. The Morgan fingerprint density at radius 2 is 1.95 bits per heavy atom. The van der Waals surface area contributed by atoms with Crippen molar-refractivity contribution in [1.82, 2.24) is 25.0 Å². The molecule has 0 amide bonds. The number of hydrogen-bond acceptors (Lipinski definition) is 11. The van der Waals surface area contributed by atoms with Crippen molar-refractivity contribution in [2.45, 2.75) is 106 Å². The van der Waals surface area contributed by atoms with Crippen LogP contribution in [0.3, 0.4) is 0 Å². The Labute approximate surface area is 257 Å². The van der Waals surface area contributed by atoms with Gasteiger partial charge in [0.05, 0.1) is 18.8 Å². The molecular formula is C30H36F2N6O5S. The number of hydrogen-bond donors (Lipinski definition) is 1. The molecule has 1 saturated heterocycles. The first-order valence-electron chi connectivity index (χ1n) is 15.5. The van der Waals surface area contributed by atoms with Gasteiger partial charge in [-0.05, 0) is 50.3 Å². The van der Waals surface area contributed by atoms with Crippen LogP contribution in [0, 0.1) is 11.6 Å². The molecule has 3 aliphatic carbocycles. The molecule has 4 aliphatic rings. The minimum Gasteiger partial charge on any atom is -0.464 e. The van der Waals surface area contributed by atoms with Crippen molar-refractivity contribution >= 4 is 34.7 Å². The molecule has 0 unspecified atom stereocenters. The number of carbonyl (C=O) groups is 1. The molecule has 0 bridgehead atoms. The minimum atomic E-state index is -0.858. The smallest absolute Gasteiger partial charge is 0.332 e. The van der Waals surface area contributed by atoms with Crippen molar-refractivity contribution in [3.05, 3.63) is 35.4 Å². The molecule has 3 saturated carbocycles. The number of esters is 1. The molecule has 2 aromatic heterocycles. The van der Waals surface area contributed by atoms with E-state index in [1.54, 1.807) is 29.4 Å². The van der Waals surface area contributed by atoms with Crippen molar-refractivity contribution in [3.63, 3.8) is 0 Å². The molecule has 236 valence electrons. The number of halogens is 2. The van der Waals surface area contributed by atoms with Gasteiger partial charge in [0.25, 0.3) is 0 Å². The summed E-state index contributed by atoms with van der Waals surface area (Å²) in [6.45, 7) is 3.97. The lowest BCUT2D eigenvalue weighted by Crippen LogP contribution is -2.33. The molecule has 44 heavy (non-hydrogen) atoms. The highest BCUT2D eigenvalue weighted by Gasteiger charge is 2.59. The van der Waals surface area contributed by atoms with Crippen molar-refractivity contribution in [3.8, 4) is 0 Å². The summed E-state index contributed by atoms with van der Waals surface area (Å²) < 4.78 is 53.6. The standard InChI is InChI=1S/C30H36F2N6O5S/c1-3-11-44-29-34-27(33-20-13-17(20)16-7-8-18(31)19(32)12-16)24-28(35-29)38(37-36-24)21-14-22(41-15-23(39)40-4-2)26-25(21)42-30(43-26)9-5-6-10-30/h7-8,12,17,20-22,25-26H,3-6,9-11,13-15H2,1-2H3,(H,33,34,35)/t17-,20+,21+,22-,25-,26+/m0/s1. The van der Waals surface area contributed by atoms with Gasteiger partial charge in [-0.25, -0.2) is 28.2 Å². The van der Waals surface area contributed by atoms with Crippen LogP contribution >= 0.6 is 11.8 Å². The first-order chi connectivity index (χ1) is 21.4. The Morgan fingerprint density at radius 1 is 1.14 bits per heavy atom.